The van der Waals surface area contributed by atoms with Gasteiger partial charge in [0.25, 0.3) is 0 Å². The minimum atomic E-state index is -0.455. The van der Waals surface area contributed by atoms with E-state index in [1.54, 1.807) is 17.4 Å². The van der Waals surface area contributed by atoms with Gasteiger partial charge in [-0.2, -0.15) is 0 Å². The van der Waals surface area contributed by atoms with Crippen molar-refractivity contribution >= 4 is 28.5 Å². The molecule has 0 aliphatic carbocycles. The molecule has 0 aliphatic rings. The Bertz CT molecular complexity index is 1440. The van der Waals surface area contributed by atoms with Gasteiger partial charge in [0, 0.05) is 12.0 Å². The lowest BCUT2D eigenvalue weighted by Crippen LogP contribution is -2.09. The normalized spacial score (nSPS) is 11.2. The molecule has 0 atom stereocenters. The van der Waals surface area contributed by atoms with Crippen molar-refractivity contribution in [1.29, 1.82) is 0 Å². The summed E-state index contributed by atoms with van der Waals surface area (Å²) in [4.78, 5) is 22.4. The zero-order valence-corrected chi connectivity index (χ0v) is 19.2. The number of aryl methyl sites for hydroxylation is 2. The molecule has 1 N–H and O–H groups in total. The second-order valence-corrected chi connectivity index (χ2v) is 8.48. The van der Waals surface area contributed by atoms with Crippen LogP contribution in [0.1, 0.15) is 34.4 Å². The average molecular weight is 460 g/mol. The second-order valence-electron chi connectivity index (χ2n) is 7.57. The van der Waals surface area contributed by atoms with Gasteiger partial charge in [0.15, 0.2) is 17.2 Å². The van der Waals surface area contributed by atoms with Crippen LogP contribution in [0, 0.1) is 6.92 Å². The molecule has 0 saturated heterocycles. The number of benzene rings is 1. The number of tetrazole rings is 1. The maximum Gasteiger partial charge on any atom is 0.356 e. The third-order valence-corrected chi connectivity index (χ3v) is 6.44. The molecule has 33 heavy (non-hydrogen) atoms. The number of aromatic nitrogens is 7. The fourth-order valence-electron chi connectivity index (χ4n) is 3.88. The first-order valence-corrected chi connectivity index (χ1v) is 11.3. The second kappa shape index (κ2) is 8.55. The predicted molar refractivity (Wildman–Crippen MR) is 125 cm³/mol. The SMILES string of the molecule is CCc1nc2c(C)cc(C(=O)OC)nc2n1Cc1ccc(-c2ccsc2-c2nnn[nH]2)cc1. The van der Waals surface area contributed by atoms with Crippen molar-refractivity contribution in [2.75, 3.05) is 7.11 Å². The number of thiophene rings is 1. The lowest BCUT2D eigenvalue weighted by molar-refractivity contribution is 0.0594. The van der Waals surface area contributed by atoms with Crippen LogP contribution in [0.3, 0.4) is 0 Å². The van der Waals surface area contributed by atoms with Crippen LogP contribution in [0.15, 0.2) is 41.8 Å². The van der Waals surface area contributed by atoms with E-state index in [-0.39, 0.29) is 5.69 Å². The Hall–Kier alpha value is -3.92. The lowest BCUT2D eigenvalue weighted by Gasteiger charge is -2.10. The molecule has 0 fully saturated rings. The van der Waals surface area contributed by atoms with Crippen LogP contribution in [0.25, 0.3) is 33.0 Å². The summed E-state index contributed by atoms with van der Waals surface area (Å²) < 4.78 is 6.94. The first-order valence-electron chi connectivity index (χ1n) is 10.4. The van der Waals surface area contributed by atoms with E-state index in [4.69, 9.17) is 9.72 Å². The Morgan fingerprint density at radius 1 is 1.18 bits per heavy atom. The summed E-state index contributed by atoms with van der Waals surface area (Å²) in [5.41, 5.74) is 5.94. The summed E-state index contributed by atoms with van der Waals surface area (Å²) in [6, 6.07) is 12.2. The number of hydrogen-bond donors (Lipinski definition) is 1. The zero-order valence-electron chi connectivity index (χ0n) is 18.4. The standard InChI is InChI=1S/C23H21N7O2S/c1-4-18-25-19-13(2)11-17(23(31)32-3)24-22(19)30(18)12-14-5-7-15(8-6-14)16-9-10-33-20(16)21-26-28-29-27-21/h5-11H,4,12H2,1-3H3,(H,26,27,28,29). The third kappa shape index (κ3) is 3.78. The van der Waals surface area contributed by atoms with E-state index < -0.39 is 5.97 Å². The highest BCUT2D eigenvalue weighted by Gasteiger charge is 2.18. The monoisotopic (exact) mass is 459 g/mol. The summed E-state index contributed by atoms with van der Waals surface area (Å²) in [7, 11) is 1.36. The highest BCUT2D eigenvalue weighted by molar-refractivity contribution is 7.14. The van der Waals surface area contributed by atoms with Gasteiger partial charge in [-0.3, -0.25) is 0 Å². The predicted octanol–water partition coefficient (Wildman–Crippen LogP) is 4.05. The van der Waals surface area contributed by atoms with Gasteiger partial charge in [-0.05, 0) is 51.6 Å². The molecule has 5 rings (SSSR count). The Kier molecular flexibility index (Phi) is 5.43. The molecule has 4 heterocycles. The molecule has 4 aromatic heterocycles. The minimum Gasteiger partial charge on any atom is -0.464 e. The maximum absolute atomic E-state index is 12.1. The van der Waals surface area contributed by atoms with E-state index in [0.717, 1.165) is 44.9 Å². The summed E-state index contributed by atoms with van der Waals surface area (Å²) in [6.07, 6.45) is 0.755. The number of rotatable bonds is 6. The fraction of sp³-hybridized carbons (Fsp3) is 0.217. The number of carbonyl (C=O) groups is 1. The molecule has 5 aromatic rings. The molecule has 166 valence electrons. The number of nitrogens with one attached hydrogen (secondary N) is 1. The largest absolute Gasteiger partial charge is 0.464 e. The topological polar surface area (TPSA) is 111 Å². The highest BCUT2D eigenvalue weighted by atomic mass is 32.1. The first kappa shape index (κ1) is 21.0. The van der Waals surface area contributed by atoms with Crippen LogP contribution >= 0.6 is 11.3 Å². The molecule has 10 heteroatoms. The van der Waals surface area contributed by atoms with Crippen molar-refractivity contribution in [1.82, 2.24) is 35.2 Å². The Morgan fingerprint density at radius 3 is 2.70 bits per heavy atom. The highest BCUT2D eigenvalue weighted by Crippen LogP contribution is 2.34. The smallest absolute Gasteiger partial charge is 0.356 e. The first-order chi connectivity index (χ1) is 16.1. The van der Waals surface area contributed by atoms with Crippen LogP contribution in [-0.2, 0) is 17.7 Å². The Labute approximate surface area is 193 Å². The van der Waals surface area contributed by atoms with E-state index in [0.29, 0.717) is 18.0 Å². The summed E-state index contributed by atoms with van der Waals surface area (Å²) >= 11 is 1.59. The average Bonchev–Trinajstić information content (AvgIpc) is 3.59. The van der Waals surface area contributed by atoms with E-state index >= 15 is 0 Å². The van der Waals surface area contributed by atoms with Crippen molar-refractivity contribution in [3.05, 3.63) is 64.4 Å². The van der Waals surface area contributed by atoms with Gasteiger partial charge in [0.1, 0.15) is 11.3 Å². The molecule has 0 unspecified atom stereocenters. The number of aromatic amines is 1. The van der Waals surface area contributed by atoms with E-state index in [1.165, 1.54) is 7.11 Å². The van der Waals surface area contributed by atoms with E-state index in [9.17, 15) is 4.79 Å². The van der Waals surface area contributed by atoms with Gasteiger partial charge in [-0.25, -0.2) is 19.9 Å². The van der Waals surface area contributed by atoms with E-state index in [2.05, 4.69) is 67.4 Å². The quantitative estimate of drug-likeness (QED) is 0.381. The van der Waals surface area contributed by atoms with Gasteiger partial charge in [-0.15, -0.1) is 16.4 Å². The number of nitrogens with zero attached hydrogens (tertiary/aromatic N) is 6. The van der Waals surface area contributed by atoms with Gasteiger partial charge < -0.3 is 9.30 Å². The van der Waals surface area contributed by atoms with Crippen LogP contribution in [0.2, 0.25) is 0 Å². The molecule has 1 aromatic carbocycles. The number of ether oxygens (including phenoxy) is 1. The van der Waals surface area contributed by atoms with Crippen LogP contribution < -0.4 is 0 Å². The van der Waals surface area contributed by atoms with E-state index in [1.807, 2.05) is 12.3 Å². The summed E-state index contributed by atoms with van der Waals surface area (Å²) in [5.74, 6) is 1.12. The molecule has 0 amide bonds. The fourth-order valence-corrected chi connectivity index (χ4v) is 4.73. The molecule has 0 radical (unpaired) electrons. The molecule has 0 spiro atoms. The summed E-state index contributed by atoms with van der Waals surface area (Å²) in [6.45, 7) is 4.60. The molecular formula is C23H21N7O2S. The number of fused-ring (bicyclic) bond motifs is 1. The van der Waals surface area contributed by atoms with Crippen molar-refractivity contribution < 1.29 is 9.53 Å². The van der Waals surface area contributed by atoms with Gasteiger partial charge in [0.05, 0.1) is 18.5 Å². The lowest BCUT2D eigenvalue weighted by atomic mass is 10.0. The summed E-state index contributed by atoms with van der Waals surface area (Å²) in [5, 5.41) is 16.3. The zero-order chi connectivity index (χ0) is 22.9. The molecular weight excluding hydrogens is 438 g/mol. The number of imidazole rings is 1. The minimum absolute atomic E-state index is 0.286. The molecule has 0 bridgehead atoms. The molecule has 0 saturated carbocycles. The number of carbonyl (C=O) groups excluding carboxylic acids is 1. The molecule has 0 aliphatic heterocycles. The van der Waals surface area contributed by atoms with Crippen LogP contribution in [-0.4, -0.2) is 48.2 Å². The number of H-pyrrole nitrogens is 1. The molecule has 9 nitrogen and oxygen atoms in total. The van der Waals surface area contributed by atoms with Gasteiger partial charge in [-0.1, -0.05) is 31.2 Å². The third-order valence-electron chi connectivity index (χ3n) is 5.52. The van der Waals surface area contributed by atoms with Crippen molar-refractivity contribution in [3.8, 4) is 21.8 Å². The Balaban J connectivity index is 1.50. The van der Waals surface area contributed by atoms with Crippen molar-refractivity contribution in [2.45, 2.75) is 26.8 Å². The maximum atomic E-state index is 12.1. The number of pyridine rings is 1. The number of esters is 1. The van der Waals surface area contributed by atoms with Gasteiger partial charge >= 0.3 is 5.97 Å². The van der Waals surface area contributed by atoms with Crippen LogP contribution in [0.4, 0.5) is 0 Å². The Morgan fingerprint density at radius 2 is 2.00 bits per heavy atom. The number of hydrogen-bond acceptors (Lipinski definition) is 8. The van der Waals surface area contributed by atoms with Crippen molar-refractivity contribution in [3.63, 3.8) is 0 Å². The number of methoxy groups -OCH3 is 1. The van der Waals surface area contributed by atoms with Crippen molar-refractivity contribution in [2.24, 2.45) is 0 Å². The van der Waals surface area contributed by atoms with Gasteiger partial charge in [0.2, 0.25) is 0 Å². The van der Waals surface area contributed by atoms with Crippen LogP contribution in [0.5, 0.6) is 0 Å².